The van der Waals surface area contributed by atoms with Crippen molar-refractivity contribution in [1.29, 1.82) is 0 Å². The van der Waals surface area contributed by atoms with Gasteiger partial charge in [0.2, 0.25) is 11.9 Å². The van der Waals surface area contributed by atoms with E-state index in [-0.39, 0.29) is 5.82 Å². The smallest absolute Gasteiger partial charge is 0.417 e. The van der Waals surface area contributed by atoms with Crippen molar-refractivity contribution < 1.29 is 27.6 Å². The van der Waals surface area contributed by atoms with E-state index in [2.05, 4.69) is 14.7 Å². The molecule has 0 fully saturated rings. The molecule has 0 aliphatic heterocycles. The normalized spacial score (nSPS) is 15.8. The number of rotatable bonds is 4. The Kier molecular flexibility index (Phi) is 3.17. The zero-order valence-electron chi connectivity index (χ0n) is 8.08. The molecule has 0 bridgehead atoms. The summed E-state index contributed by atoms with van der Waals surface area (Å²) >= 11 is 0. The first kappa shape index (κ1) is 12.4. The molecule has 0 aromatic carbocycles. The molecule has 0 saturated heterocycles. The number of carboxylic acids is 1. The Morgan fingerprint density at radius 2 is 2.25 bits per heavy atom. The molecule has 1 aromatic rings. The summed E-state index contributed by atoms with van der Waals surface area (Å²) in [5.74, 6) is -2.08. The highest BCUT2D eigenvalue weighted by Gasteiger charge is 2.57. The molecule has 0 aliphatic rings. The minimum atomic E-state index is -4.93. The molecule has 1 rings (SSSR count). The second-order valence-corrected chi connectivity index (χ2v) is 3.13. The van der Waals surface area contributed by atoms with Crippen molar-refractivity contribution in [2.45, 2.75) is 25.2 Å². The van der Waals surface area contributed by atoms with Crippen LogP contribution >= 0.6 is 0 Å². The number of nitrogens with one attached hydrogen (secondary N) is 1. The molecule has 1 heterocycles. The SMILES string of the molecule is CC(NCc1ncon1)(C(=O)O)C(F)(F)F. The quantitative estimate of drug-likeness (QED) is 0.798. The monoisotopic (exact) mass is 239 g/mol. The molecule has 2 N–H and O–H groups in total. The summed E-state index contributed by atoms with van der Waals surface area (Å²) in [7, 11) is 0. The van der Waals surface area contributed by atoms with Gasteiger partial charge in [-0.15, -0.1) is 0 Å². The predicted octanol–water partition coefficient (Wildman–Crippen LogP) is 0.565. The summed E-state index contributed by atoms with van der Waals surface area (Å²) in [6, 6.07) is 0. The fourth-order valence-corrected chi connectivity index (χ4v) is 0.823. The van der Waals surface area contributed by atoms with E-state index < -0.39 is 24.2 Å². The Hall–Kier alpha value is -1.64. The summed E-state index contributed by atoms with van der Waals surface area (Å²) in [5.41, 5.74) is -3.05. The van der Waals surface area contributed by atoms with Gasteiger partial charge >= 0.3 is 12.1 Å². The average molecular weight is 239 g/mol. The number of aliphatic carboxylic acids is 1. The van der Waals surface area contributed by atoms with Crippen molar-refractivity contribution in [3.05, 3.63) is 12.2 Å². The molecule has 0 radical (unpaired) electrons. The van der Waals surface area contributed by atoms with Gasteiger partial charge in [-0.2, -0.15) is 18.2 Å². The Morgan fingerprint density at radius 1 is 1.62 bits per heavy atom. The van der Waals surface area contributed by atoms with Crippen LogP contribution in [0.2, 0.25) is 0 Å². The van der Waals surface area contributed by atoms with E-state index in [0.717, 1.165) is 6.39 Å². The minimum Gasteiger partial charge on any atom is -0.480 e. The maximum Gasteiger partial charge on any atom is 0.417 e. The van der Waals surface area contributed by atoms with Crippen LogP contribution in [0.3, 0.4) is 0 Å². The Bertz CT molecular complexity index is 365. The van der Waals surface area contributed by atoms with Crippen molar-refractivity contribution in [1.82, 2.24) is 15.5 Å². The number of nitrogens with zero attached hydrogens (tertiary/aromatic N) is 2. The van der Waals surface area contributed by atoms with Gasteiger partial charge in [-0.05, 0) is 6.92 Å². The van der Waals surface area contributed by atoms with E-state index in [9.17, 15) is 18.0 Å². The minimum absolute atomic E-state index is 0.0586. The third kappa shape index (κ3) is 2.30. The molecule has 6 nitrogen and oxygen atoms in total. The predicted molar refractivity (Wildman–Crippen MR) is 43.2 cm³/mol. The van der Waals surface area contributed by atoms with E-state index in [1.807, 2.05) is 5.32 Å². The number of alkyl halides is 3. The number of carbonyl (C=O) groups is 1. The number of halogens is 3. The summed E-state index contributed by atoms with van der Waals surface area (Å²) < 4.78 is 41.7. The van der Waals surface area contributed by atoms with Crippen LogP contribution in [0, 0.1) is 0 Å². The van der Waals surface area contributed by atoms with E-state index in [4.69, 9.17) is 5.11 Å². The van der Waals surface area contributed by atoms with Crippen molar-refractivity contribution in [3.63, 3.8) is 0 Å². The molecule has 9 heteroatoms. The van der Waals surface area contributed by atoms with Gasteiger partial charge in [0.05, 0.1) is 6.54 Å². The van der Waals surface area contributed by atoms with Crippen LogP contribution in [0.5, 0.6) is 0 Å². The Labute approximate surface area is 87.4 Å². The van der Waals surface area contributed by atoms with Crippen LogP contribution in [-0.2, 0) is 11.3 Å². The first-order valence-corrected chi connectivity index (χ1v) is 4.08. The summed E-state index contributed by atoms with van der Waals surface area (Å²) in [5, 5.41) is 13.6. The molecule has 0 saturated carbocycles. The molecule has 90 valence electrons. The van der Waals surface area contributed by atoms with Gasteiger partial charge in [0.1, 0.15) is 0 Å². The Balaban J connectivity index is 2.77. The first-order valence-electron chi connectivity index (χ1n) is 4.08. The molecule has 0 spiro atoms. The molecule has 1 unspecified atom stereocenters. The van der Waals surface area contributed by atoms with Gasteiger partial charge in [-0.25, -0.2) is 4.79 Å². The summed E-state index contributed by atoms with van der Waals surface area (Å²) in [6.07, 6.45) is -3.99. The molecule has 0 amide bonds. The average Bonchev–Trinajstić information content (AvgIpc) is 2.64. The topological polar surface area (TPSA) is 88.3 Å². The lowest BCUT2D eigenvalue weighted by molar-refractivity contribution is -0.206. The van der Waals surface area contributed by atoms with Gasteiger partial charge in [0, 0.05) is 0 Å². The molecule has 16 heavy (non-hydrogen) atoms. The van der Waals surface area contributed by atoms with Crippen LogP contribution < -0.4 is 5.32 Å². The second-order valence-electron chi connectivity index (χ2n) is 3.13. The third-order valence-electron chi connectivity index (χ3n) is 2.00. The fraction of sp³-hybridized carbons (Fsp3) is 0.571. The van der Waals surface area contributed by atoms with Gasteiger partial charge in [0.15, 0.2) is 5.82 Å². The third-order valence-corrected chi connectivity index (χ3v) is 2.00. The highest BCUT2D eigenvalue weighted by Crippen LogP contribution is 2.30. The van der Waals surface area contributed by atoms with Crippen molar-refractivity contribution in [2.75, 3.05) is 0 Å². The van der Waals surface area contributed by atoms with E-state index in [1.165, 1.54) is 0 Å². The van der Waals surface area contributed by atoms with E-state index in [0.29, 0.717) is 6.92 Å². The zero-order valence-corrected chi connectivity index (χ0v) is 8.08. The van der Waals surface area contributed by atoms with Crippen LogP contribution in [-0.4, -0.2) is 32.9 Å². The van der Waals surface area contributed by atoms with Crippen molar-refractivity contribution in [3.8, 4) is 0 Å². The maximum absolute atomic E-state index is 12.5. The number of hydrogen-bond acceptors (Lipinski definition) is 5. The second kappa shape index (κ2) is 4.08. The van der Waals surface area contributed by atoms with E-state index in [1.54, 1.807) is 0 Å². The van der Waals surface area contributed by atoms with Crippen molar-refractivity contribution >= 4 is 5.97 Å². The van der Waals surface area contributed by atoms with Crippen LogP contribution in [0.15, 0.2) is 10.9 Å². The zero-order chi connectivity index (χ0) is 12.4. The lowest BCUT2D eigenvalue weighted by Crippen LogP contribution is -2.59. The number of aromatic nitrogens is 2. The molecule has 1 aromatic heterocycles. The largest absolute Gasteiger partial charge is 0.480 e. The van der Waals surface area contributed by atoms with Crippen LogP contribution in [0.25, 0.3) is 0 Å². The summed E-state index contributed by atoms with van der Waals surface area (Å²) in [4.78, 5) is 14.0. The highest BCUT2D eigenvalue weighted by atomic mass is 19.4. The maximum atomic E-state index is 12.5. The fourth-order valence-electron chi connectivity index (χ4n) is 0.823. The van der Waals surface area contributed by atoms with Gasteiger partial charge in [0.25, 0.3) is 0 Å². The van der Waals surface area contributed by atoms with Gasteiger partial charge in [-0.3, -0.25) is 5.32 Å². The van der Waals surface area contributed by atoms with Crippen LogP contribution in [0.1, 0.15) is 12.7 Å². The van der Waals surface area contributed by atoms with Crippen LogP contribution in [0.4, 0.5) is 13.2 Å². The number of carboxylic acid groups (broad SMARTS) is 1. The van der Waals surface area contributed by atoms with E-state index >= 15 is 0 Å². The molecular weight excluding hydrogens is 231 g/mol. The lowest BCUT2D eigenvalue weighted by Gasteiger charge is -2.28. The molecule has 1 atom stereocenters. The molecular formula is C7H8F3N3O3. The number of hydrogen-bond donors (Lipinski definition) is 2. The highest BCUT2D eigenvalue weighted by molar-refractivity contribution is 5.79. The molecule has 0 aliphatic carbocycles. The van der Waals surface area contributed by atoms with Crippen molar-refractivity contribution in [2.24, 2.45) is 0 Å². The first-order chi connectivity index (χ1) is 7.27. The Morgan fingerprint density at radius 3 is 2.62 bits per heavy atom. The van der Waals surface area contributed by atoms with Gasteiger partial charge < -0.3 is 9.63 Å². The van der Waals surface area contributed by atoms with Gasteiger partial charge in [-0.1, -0.05) is 5.16 Å². The summed E-state index contributed by atoms with van der Waals surface area (Å²) in [6.45, 7) is 0.0637. The lowest BCUT2D eigenvalue weighted by atomic mass is 10.0. The standard InChI is InChI=1S/C7H8F3N3O3/c1-6(5(14)15,7(8,9)10)12-2-4-11-3-16-13-4/h3,12H,2H2,1H3,(H,14,15).